The van der Waals surface area contributed by atoms with Gasteiger partial charge in [-0.25, -0.2) is 12.8 Å². The monoisotopic (exact) mass is 574 g/mol. The molecule has 9 heteroatoms. The molecule has 1 amide bonds. The van der Waals surface area contributed by atoms with E-state index >= 15 is 4.39 Å². The topological polar surface area (TPSA) is 82.1 Å². The van der Waals surface area contributed by atoms with Crippen molar-refractivity contribution in [3.8, 4) is 0 Å². The van der Waals surface area contributed by atoms with Crippen LogP contribution in [0.2, 0.25) is 0 Å². The molecule has 3 aliphatic rings. The van der Waals surface area contributed by atoms with Crippen LogP contribution in [-0.2, 0) is 16.6 Å². The molecule has 1 saturated heterocycles. The number of anilines is 1. The quantitative estimate of drug-likeness (QED) is 0.434. The molecule has 1 aliphatic heterocycles. The zero-order valence-corrected chi connectivity index (χ0v) is 23.9. The Kier molecular flexibility index (Phi) is 8.65. The number of amides is 1. The highest BCUT2D eigenvalue weighted by Crippen LogP contribution is 2.36. The third kappa shape index (κ3) is 6.57. The van der Waals surface area contributed by atoms with Crippen molar-refractivity contribution in [3.05, 3.63) is 113 Å². The van der Waals surface area contributed by atoms with E-state index in [2.05, 4.69) is 52.0 Å². The lowest BCUT2D eigenvalue weighted by Crippen LogP contribution is -2.35. The van der Waals surface area contributed by atoms with Crippen LogP contribution in [0.25, 0.3) is 0 Å². The molecule has 2 aromatic carbocycles. The number of sulfonamides is 1. The number of allylic oxidation sites excluding steroid dienone is 5. The summed E-state index contributed by atoms with van der Waals surface area (Å²) in [4.78, 5) is 21.2. The summed E-state index contributed by atoms with van der Waals surface area (Å²) in [7, 11) is -4.18. The van der Waals surface area contributed by atoms with Crippen LogP contribution < -0.4 is 4.72 Å². The van der Waals surface area contributed by atoms with E-state index in [9.17, 15) is 13.2 Å². The van der Waals surface area contributed by atoms with Gasteiger partial charge < -0.3 is 4.90 Å². The lowest BCUT2D eigenvalue weighted by Gasteiger charge is -2.26. The van der Waals surface area contributed by atoms with E-state index in [4.69, 9.17) is 0 Å². The van der Waals surface area contributed by atoms with E-state index in [0.717, 1.165) is 38.0 Å². The van der Waals surface area contributed by atoms with Crippen molar-refractivity contribution < 1.29 is 17.6 Å². The predicted octanol–water partition coefficient (Wildman–Crippen LogP) is 5.78. The molecular weight excluding hydrogens is 539 g/mol. The van der Waals surface area contributed by atoms with Crippen LogP contribution in [-0.4, -0.2) is 56.0 Å². The number of nitrogens with one attached hydrogen (secondary N) is 1. The highest BCUT2D eigenvalue weighted by Gasteiger charge is 2.27. The summed E-state index contributed by atoms with van der Waals surface area (Å²) in [6.07, 6.45) is 10.5. The summed E-state index contributed by atoms with van der Waals surface area (Å²) in [5.74, 6) is -0.395. The summed E-state index contributed by atoms with van der Waals surface area (Å²) in [5.41, 5.74) is 3.13. The third-order valence-electron chi connectivity index (χ3n) is 7.89. The number of rotatable bonds is 8. The molecule has 2 aromatic rings. The smallest absolute Gasteiger partial charge is 0.264 e. The van der Waals surface area contributed by atoms with E-state index < -0.39 is 15.8 Å². The number of carbonyl (C=O) groups is 1. The van der Waals surface area contributed by atoms with Gasteiger partial charge in [0, 0.05) is 44.5 Å². The molecule has 2 aliphatic carbocycles. The second-order valence-electron chi connectivity index (χ2n) is 10.7. The Morgan fingerprint density at radius 1 is 1.07 bits per heavy atom. The summed E-state index contributed by atoms with van der Waals surface area (Å²) in [6.45, 7) is 10.9. The molecule has 0 radical (unpaired) electrons. The molecule has 0 aromatic heterocycles. The summed E-state index contributed by atoms with van der Waals surface area (Å²) in [5, 5.41) is 0. The molecule has 7 nitrogen and oxygen atoms in total. The molecule has 214 valence electrons. The van der Waals surface area contributed by atoms with Gasteiger partial charge in [-0.05, 0) is 66.2 Å². The lowest BCUT2D eigenvalue weighted by atomic mass is 9.80. The number of nitrogens with zero attached hydrogens (tertiary/aromatic N) is 3. The number of hydrogen-bond donors (Lipinski definition) is 1. The van der Waals surface area contributed by atoms with Gasteiger partial charge in [0.15, 0.2) is 0 Å². The van der Waals surface area contributed by atoms with Gasteiger partial charge in [-0.2, -0.15) is 0 Å². The highest BCUT2D eigenvalue weighted by molar-refractivity contribution is 7.97. The predicted molar refractivity (Wildman–Crippen MR) is 162 cm³/mol. The number of halogens is 1. The van der Waals surface area contributed by atoms with Gasteiger partial charge in [0.1, 0.15) is 10.7 Å². The summed E-state index contributed by atoms with van der Waals surface area (Å²) >= 11 is 0. The molecule has 1 heterocycles. The Hall–Kier alpha value is -3.82. The first-order valence-corrected chi connectivity index (χ1v) is 15.4. The van der Waals surface area contributed by atoms with E-state index in [0.29, 0.717) is 18.7 Å². The van der Waals surface area contributed by atoms with Crippen molar-refractivity contribution >= 4 is 27.3 Å². The molecule has 41 heavy (non-hydrogen) atoms. The maximum Gasteiger partial charge on any atom is 0.264 e. The van der Waals surface area contributed by atoms with Gasteiger partial charge >= 0.3 is 0 Å². The zero-order valence-electron chi connectivity index (χ0n) is 23.1. The van der Waals surface area contributed by atoms with E-state index in [-0.39, 0.29) is 27.8 Å². The average Bonchev–Trinajstić information content (AvgIpc) is 3.16. The molecular formula is C32H35FN4O3S. The van der Waals surface area contributed by atoms with Gasteiger partial charge in [0.05, 0.1) is 11.4 Å². The number of carbonyl (C=O) groups excluding carboxylic acids is 1. The number of aliphatic imine (C=N–C) groups is 1. The average molecular weight is 575 g/mol. The lowest BCUT2D eigenvalue weighted by molar-refractivity contribution is 0.0760. The Labute approximate surface area is 241 Å². The van der Waals surface area contributed by atoms with Crippen LogP contribution in [0.5, 0.6) is 0 Å². The van der Waals surface area contributed by atoms with Crippen LogP contribution in [0, 0.1) is 5.82 Å². The Bertz CT molecular complexity index is 1540. The van der Waals surface area contributed by atoms with E-state index in [1.807, 2.05) is 0 Å². The van der Waals surface area contributed by atoms with E-state index in [1.54, 1.807) is 11.0 Å². The molecule has 1 saturated carbocycles. The van der Waals surface area contributed by atoms with Crippen molar-refractivity contribution in [2.75, 3.05) is 30.9 Å². The molecule has 0 spiro atoms. The molecule has 5 rings (SSSR count). The first kappa shape index (κ1) is 28.7. The third-order valence-corrected chi connectivity index (χ3v) is 9.29. The van der Waals surface area contributed by atoms with Gasteiger partial charge in [-0.3, -0.25) is 19.4 Å². The van der Waals surface area contributed by atoms with Crippen LogP contribution >= 0.6 is 0 Å². The SMILES string of the molecule is C=CN=C1C(=C)C=CC=C1S(=O)(=O)Nc1ccc(C(=O)N2CCCN(Cc3ccc(C4CCC4)cc3)CC2)cc1F. The molecule has 0 unspecified atom stereocenters. The second-order valence-corrected chi connectivity index (χ2v) is 12.3. The van der Waals surface area contributed by atoms with Crippen molar-refractivity contribution in [1.29, 1.82) is 0 Å². The second kappa shape index (κ2) is 12.4. The molecule has 2 fully saturated rings. The fraction of sp³-hybridized carbons (Fsp3) is 0.312. The van der Waals surface area contributed by atoms with Crippen molar-refractivity contribution in [1.82, 2.24) is 9.80 Å². The largest absolute Gasteiger partial charge is 0.337 e. The minimum Gasteiger partial charge on any atom is -0.337 e. The Morgan fingerprint density at radius 2 is 1.85 bits per heavy atom. The standard InChI is InChI=1S/C32H35FN4O3S/c1-3-34-31-23(2)7-4-10-30(31)41(39,40)35-29-16-15-27(21-28(29)33)32(38)37-18-6-17-36(19-20-37)22-24-11-13-26(14-12-24)25-8-5-9-25/h3-4,7,10-16,21,25,35H,1-2,5-6,8-9,17-20,22H2. The fourth-order valence-corrected chi connectivity index (χ4v) is 6.62. The normalized spacial score (nSPS) is 19.4. The highest BCUT2D eigenvalue weighted by atomic mass is 32.2. The zero-order chi connectivity index (χ0) is 29.0. The summed E-state index contributed by atoms with van der Waals surface area (Å²) in [6, 6.07) is 12.7. The van der Waals surface area contributed by atoms with Crippen molar-refractivity contribution in [2.24, 2.45) is 4.99 Å². The number of benzene rings is 2. The Balaban J connectivity index is 1.21. The molecule has 1 N–H and O–H groups in total. The first-order valence-electron chi connectivity index (χ1n) is 13.9. The first-order chi connectivity index (χ1) is 19.7. The number of hydrogen-bond acceptors (Lipinski definition) is 5. The van der Waals surface area contributed by atoms with Gasteiger partial charge in [-0.1, -0.05) is 56.0 Å². The van der Waals surface area contributed by atoms with Crippen molar-refractivity contribution in [2.45, 2.75) is 38.1 Å². The fourth-order valence-electron chi connectivity index (χ4n) is 5.36. The molecule has 0 bridgehead atoms. The van der Waals surface area contributed by atoms with Crippen LogP contribution in [0.4, 0.5) is 10.1 Å². The molecule has 0 atom stereocenters. The van der Waals surface area contributed by atoms with Gasteiger partial charge in [-0.15, -0.1) is 0 Å². The van der Waals surface area contributed by atoms with Crippen molar-refractivity contribution in [3.63, 3.8) is 0 Å². The van der Waals surface area contributed by atoms with Crippen LogP contribution in [0.3, 0.4) is 0 Å². The van der Waals surface area contributed by atoms with Gasteiger partial charge in [0.2, 0.25) is 0 Å². The maximum atomic E-state index is 15.1. The van der Waals surface area contributed by atoms with Gasteiger partial charge in [0.25, 0.3) is 15.9 Å². The van der Waals surface area contributed by atoms with E-state index in [1.165, 1.54) is 60.9 Å². The Morgan fingerprint density at radius 3 is 2.54 bits per heavy atom. The minimum absolute atomic E-state index is 0.128. The maximum absolute atomic E-state index is 15.1. The minimum atomic E-state index is -4.18. The van der Waals surface area contributed by atoms with Crippen LogP contribution in [0.15, 0.2) is 95.5 Å². The summed E-state index contributed by atoms with van der Waals surface area (Å²) < 4.78 is 43.5. The van der Waals surface area contributed by atoms with Crippen LogP contribution in [0.1, 0.15) is 53.1 Å².